The summed E-state index contributed by atoms with van der Waals surface area (Å²) >= 11 is 0. The largest absolute Gasteiger partial charge is 0.493 e. The number of nitrogens with zero attached hydrogens (tertiary/aromatic N) is 3. The monoisotopic (exact) mass is 436 g/mol. The fourth-order valence-corrected chi connectivity index (χ4v) is 4.44. The average Bonchev–Trinajstić information content (AvgIpc) is 3.43. The minimum absolute atomic E-state index is 0.0708. The zero-order chi connectivity index (χ0) is 22.4. The lowest BCUT2D eigenvalue weighted by atomic mass is 10.0. The third-order valence-corrected chi connectivity index (χ3v) is 6.37. The Balaban J connectivity index is 1.60. The first-order chi connectivity index (χ1) is 15.5. The molecule has 2 fully saturated rings. The Bertz CT molecular complexity index is 1180. The molecule has 2 atom stereocenters. The van der Waals surface area contributed by atoms with Crippen LogP contribution in [-0.4, -0.2) is 47.3 Å². The summed E-state index contributed by atoms with van der Waals surface area (Å²) in [6, 6.07) is 8.17. The van der Waals surface area contributed by atoms with Crippen LogP contribution in [0.15, 0.2) is 24.3 Å². The van der Waals surface area contributed by atoms with Crippen molar-refractivity contribution < 1.29 is 19.0 Å². The zero-order valence-electron chi connectivity index (χ0n) is 18.8. The van der Waals surface area contributed by atoms with Gasteiger partial charge in [0.15, 0.2) is 11.5 Å². The van der Waals surface area contributed by atoms with Gasteiger partial charge in [-0.15, -0.1) is 0 Å². The molecule has 1 saturated carbocycles. The second kappa shape index (κ2) is 8.00. The number of hydrogen-bond acceptors (Lipinski definition) is 6. The third kappa shape index (κ3) is 3.63. The van der Waals surface area contributed by atoms with E-state index in [0.717, 1.165) is 41.0 Å². The van der Waals surface area contributed by atoms with Crippen LogP contribution in [0.25, 0.3) is 22.3 Å². The summed E-state index contributed by atoms with van der Waals surface area (Å²) < 4.78 is 19.5. The number of imidazole rings is 1. The lowest BCUT2D eigenvalue weighted by Gasteiger charge is -2.20. The van der Waals surface area contributed by atoms with Crippen molar-refractivity contribution in [2.24, 2.45) is 5.92 Å². The molecule has 0 radical (unpaired) electrons. The average molecular weight is 437 g/mol. The number of aryl methyl sites for hydroxylation is 1. The van der Waals surface area contributed by atoms with Crippen LogP contribution >= 0.6 is 0 Å². The Kier molecular flexibility index (Phi) is 5.15. The summed E-state index contributed by atoms with van der Waals surface area (Å²) in [4.78, 5) is 21.5. The van der Waals surface area contributed by atoms with E-state index < -0.39 is 0 Å². The molecule has 1 unspecified atom stereocenters. The quantitative estimate of drug-likeness (QED) is 0.608. The second-order valence-electron chi connectivity index (χ2n) is 8.60. The maximum absolute atomic E-state index is 11.7. The van der Waals surface area contributed by atoms with Crippen LogP contribution in [0, 0.1) is 12.8 Å². The molecule has 1 amide bonds. The number of carbonyl (C=O) groups excluding carboxylic acids is 1. The van der Waals surface area contributed by atoms with E-state index in [2.05, 4.69) is 9.88 Å². The van der Waals surface area contributed by atoms with Crippen LogP contribution in [0.1, 0.15) is 38.1 Å². The molecule has 8 heteroatoms. The van der Waals surface area contributed by atoms with Gasteiger partial charge in [-0.25, -0.2) is 9.97 Å². The van der Waals surface area contributed by atoms with Crippen molar-refractivity contribution in [3.63, 3.8) is 0 Å². The van der Waals surface area contributed by atoms with E-state index >= 15 is 0 Å². The van der Waals surface area contributed by atoms with Gasteiger partial charge in [-0.3, -0.25) is 4.79 Å². The van der Waals surface area contributed by atoms with Crippen molar-refractivity contribution in [2.45, 2.75) is 45.3 Å². The maximum Gasteiger partial charge on any atom is 0.241 e. The van der Waals surface area contributed by atoms with E-state index in [4.69, 9.17) is 24.2 Å². The van der Waals surface area contributed by atoms with Gasteiger partial charge in [-0.2, -0.15) is 0 Å². The Labute approximate surface area is 186 Å². The molecule has 3 aromatic rings. The molecule has 1 saturated heterocycles. The molecule has 2 aromatic heterocycles. The summed E-state index contributed by atoms with van der Waals surface area (Å²) in [6.45, 7) is 4.66. The van der Waals surface area contributed by atoms with Crippen molar-refractivity contribution in [1.29, 1.82) is 0 Å². The molecule has 1 aliphatic carbocycles. The molecule has 3 heterocycles. The molecular weight excluding hydrogens is 408 g/mol. The van der Waals surface area contributed by atoms with Gasteiger partial charge in [0.1, 0.15) is 17.4 Å². The lowest BCUT2D eigenvalue weighted by Crippen LogP contribution is -2.26. The fourth-order valence-electron chi connectivity index (χ4n) is 4.44. The standard InChI is InChI=1S/C24H28N4O4/c1-13(16-10-22(29)25-12-16)32-24-23-19(26-14(2)28(23)17-6-7-17)11-18(27-24)15-5-8-20(30-3)21(9-15)31-4/h5,8-9,11,13,16-17H,6-7,10,12H2,1-4H3,(H,25,29)/t13-,16?/m1/s1. The molecule has 8 nitrogen and oxygen atoms in total. The van der Waals surface area contributed by atoms with Gasteiger partial charge in [0.2, 0.25) is 11.8 Å². The van der Waals surface area contributed by atoms with E-state index in [1.807, 2.05) is 38.1 Å². The van der Waals surface area contributed by atoms with Crippen molar-refractivity contribution in [3.8, 4) is 28.6 Å². The highest BCUT2D eigenvalue weighted by Crippen LogP contribution is 2.42. The minimum Gasteiger partial charge on any atom is -0.493 e. The van der Waals surface area contributed by atoms with E-state index in [1.165, 1.54) is 0 Å². The maximum atomic E-state index is 11.7. The van der Waals surface area contributed by atoms with Crippen LogP contribution in [0.5, 0.6) is 17.4 Å². The number of benzene rings is 1. The van der Waals surface area contributed by atoms with Gasteiger partial charge in [0.05, 0.1) is 25.4 Å². The van der Waals surface area contributed by atoms with Gasteiger partial charge in [-0.1, -0.05) is 0 Å². The highest BCUT2D eigenvalue weighted by molar-refractivity contribution is 5.86. The van der Waals surface area contributed by atoms with Crippen molar-refractivity contribution in [2.75, 3.05) is 20.8 Å². The summed E-state index contributed by atoms with van der Waals surface area (Å²) in [5, 5.41) is 2.90. The third-order valence-electron chi connectivity index (χ3n) is 6.37. The molecule has 0 bridgehead atoms. The number of hydrogen-bond donors (Lipinski definition) is 1. The van der Waals surface area contributed by atoms with E-state index in [1.54, 1.807) is 14.2 Å². The number of pyridine rings is 1. The van der Waals surface area contributed by atoms with E-state index in [9.17, 15) is 4.79 Å². The predicted molar refractivity (Wildman–Crippen MR) is 120 cm³/mol. The number of amides is 1. The van der Waals surface area contributed by atoms with Crippen LogP contribution in [0.4, 0.5) is 0 Å². The Morgan fingerprint density at radius 3 is 2.56 bits per heavy atom. The van der Waals surface area contributed by atoms with Crippen molar-refractivity contribution in [3.05, 3.63) is 30.1 Å². The molecule has 5 rings (SSSR count). The SMILES string of the molecule is COc1ccc(-c2cc3nc(C)n(C4CC4)c3c(O[C@H](C)C3CNC(=O)C3)n2)cc1OC. The smallest absolute Gasteiger partial charge is 0.241 e. The number of ether oxygens (including phenoxy) is 3. The minimum atomic E-state index is -0.159. The Morgan fingerprint density at radius 1 is 1.12 bits per heavy atom. The molecule has 32 heavy (non-hydrogen) atoms. The van der Waals surface area contributed by atoms with Crippen LogP contribution in [0.3, 0.4) is 0 Å². The number of carbonyl (C=O) groups is 1. The van der Waals surface area contributed by atoms with Crippen molar-refractivity contribution in [1.82, 2.24) is 19.9 Å². The number of rotatable bonds is 7. The van der Waals surface area contributed by atoms with Crippen molar-refractivity contribution >= 4 is 16.9 Å². The van der Waals surface area contributed by atoms with Gasteiger partial charge < -0.3 is 24.1 Å². The highest BCUT2D eigenvalue weighted by Gasteiger charge is 2.32. The first-order valence-corrected chi connectivity index (χ1v) is 11.0. The molecule has 168 valence electrons. The summed E-state index contributed by atoms with van der Waals surface area (Å²) in [5.41, 5.74) is 3.43. The van der Waals surface area contributed by atoms with Gasteiger partial charge >= 0.3 is 0 Å². The number of methoxy groups -OCH3 is 2. The Morgan fingerprint density at radius 2 is 1.91 bits per heavy atom. The molecule has 0 spiro atoms. The van der Waals surface area contributed by atoms with Crippen LogP contribution < -0.4 is 19.5 Å². The van der Waals surface area contributed by atoms with Crippen LogP contribution in [-0.2, 0) is 4.79 Å². The van der Waals surface area contributed by atoms with Gasteiger partial charge in [-0.05, 0) is 51.0 Å². The first kappa shape index (κ1) is 20.6. The molecule has 1 aliphatic heterocycles. The second-order valence-corrected chi connectivity index (χ2v) is 8.60. The fraction of sp³-hybridized carbons (Fsp3) is 0.458. The summed E-state index contributed by atoms with van der Waals surface area (Å²) in [6.07, 6.45) is 2.59. The highest BCUT2D eigenvalue weighted by atomic mass is 16.5. The summed E-state index contributed by atoms with van der Waals surface area (Å²) in [7, 11) is 3.23. The van der Waals surface area contributed by atoms with Gasteiger partial charge in [0.25, 0.3) is 0 Å². The Hall–Kier alpha value is -3.29. The van der Waals surface area contributed by atoms with Gasteiger partial charge in [0, 0.05) is 30.5 Å². The van der Waals surface area contributed by atoms with E-state index in [-0.39, 0.29) is 17.9 Å². The topological polar surface area (TPSA) is 87.5 Å². The zero-order valence-corrected chi connectivity index (χ0v) is 18.8. The first-order valence-electron chi connectivity index (χ1n) is 11.0. The molecule has 1 aromatic carbocycles. The number of aromatic nitrogens is 3. The normalized spacial score (nSPS) is 19.1. The lowest BCUT2D eigenvalue weighted by molar-refractivity contribution is -0.119. The van der Waals surface area contributed by atoms with E-state index in [0.29, 0.717) is 36.4 Å². The number of fused-ring (bicyclic) bond motifs is 1. The molecule has 2 aliphatic rings. The predicted octanol–water partition coefficient (Wildman–Crippen LogP) is 3.66. The summed E-state index contributed by atoms with van der Waals surface area (Å²) in [5.74, 6) is 3.01. The number of nitrogens with one attached hydrogen (secondary N) is 1. The molecule has 1 N–H and O–H groups in total. The molecular formula is C24H28N4O4. The van der Waals surface area contributed by atoms with Crippen LogP contribution in [0.2, 0.25) is 0 Å².